The lowest BCUT2D eigenvalue weighted by Crippen LogP contribution is -1.97. The van der Waals surface area contributed by atoms with Crippen LogP contribution in [0.25, 0.3) is 0 Å². The number of hydrogen-bond acceptors (Lipinski definition) is 3. The van der Waals surface area contributed by atoms with Crippen molar-refractivity contribution in [2.75, 3.05) is 11.1 Å². The van der Waals surface area contributed by atoms with Gasteiger partial charge in [-0.15, -0.1) is 0 Å². The molecule has 0 atom stereocenters. The van der Waals surface area contributed by atoms with Gasteiger partial charge in [-0.25, -0.2) is 0 Å². The van der Waals surface area contributed by atoms with Crippen LogP contribution in [0.4, 0.5) is 17.1 Å². The van der Waals surface area contributed by atoms with Crippen LogP contribution in [-0.2, 0) is 0 Å². The molecule has 0 aliphatic heterocycles. The molecule has 88 valence electrons. The van der Waals surface area contributed by atoms with Gasteiger partial charge in [-0.3, -0.25) is 0 Å². The molecular formula is C12H10BrClN2O. The van der Waals surface area contributed by atoms with E-state index < -0.39 is 0 Å². The fraction of sp³-hybridized carbons (Fsp3) is 0. The van der Waals surface area contributed by atoms with Crippen LogP contribution in [0.1, 0.15) is 0 Å². The van der Waals surface area contributed by atoms with Crippen molar-refractivity contribution in [3.05, 3.63) is 45.9 Å². The lowest BCUT2D eigenvalue weighted by molar-refractivity contribution is 0.478. The molecule has 0 aromatic heterocycles. The van der Waals surface area contributed by atoms with Crippen molar-refractivity contribution in [2.45, 2.75) is 0 Å². The standard InChI is InChI=1S/C12H10BrClN2O/c13-7-1-3-8(4-2-7)16-12-9(14)5-6-10(17)11(12)15/h1-6,16-17H,15H2. The van der Waals surface area contributed by atoms with Crippen LogP contribution in [0.5, 0.6) is 5.75 Å². The molecule has 0 heterocycles. The third-order valence-electron chi connectivity index (χ3n) is 2.29. The number of nitrogens with two attached hydrogens (primary N) is 1. The maximum Gasteiger partial charge on any atom is 0.140 e. The molecule has 5 heteroatoms. The molecule has 0 amide bonds. The number of nitrogens with one attached hydrogen (secondary N) is 1. The molecule has 0 aliphatic carbocycles. The number of halogens is 2. The molecular weight excluding hydrogens is 304 g/mol. The van der Waals surface area contributed by atoms with E-state index in [2.05, 4.69) is 21.2 Å². The lowest BCUT2D eigenvalue weighted by atomic mass is 10.2. The fourth-order valence-electron chi connectivity index (χ4n) is 1.39. The van der Waals surface area contributed by atoms with E-state index in [-0.39, 0.29) is 11.4 Å². The molecule has 4 N–H and O–H groups in total. The second kappa shape index (κ2) is 4.85. The first-order valence-corrected chi connectivity index (χ1v) is 6.04. The number of nitrogen functional groups attached to an aromatic ring is 1. The fourth-order valence-corrected chi connectivity index (χ4v) is 1.86. The van der Waals surface area contributed by atoms with E-state index in [1.807, 2.05) is 24.3 Å². The zero-order chi connectivity index (χ0) is 12.4. The van der Waals surface area contributed by atoms with Gasteiger partial charge in [0.1, 0.15) is 5.75 Å². The number of rotatable bonds is 2. The predicted molar refractivity (Wildman–Crippen MR) is 75.0 cm³/mol. The van der Waals surface area contributed by atoms with Crippen molar-refractivity contribution in [1.82, 2.24) is 0 Å². The van der Waals surface area contributed by atoms with E-state index in [0.717, 1.165) is 10.2 Å². The van der Waals surface area contributed by atoms with E-state index in [9.17, 15) is 5.11 Å². The molecule has 0 unspecified atom stereocenters. The normalized spacial score (nSPS) is 10.2. The predicted octanol–water partition coefficient (Wildman–Crippen LogP) is 4.13. The van der Waals surface area contributed by atoms with Gasteiger partial charge in [0.15, 0.2) is 0 Å². The number of aromatic hydroxyl groups is 1. The highest BCUT2D eigenvalue weighted by Crippen LogP contribution is 2.37. The molecule has 2 rings (SSSR count). The van der Waals surface area contributed by atoms with Gasteiger partial charge in [-0.2, -0.15) is 0 Å². The highest BCUT2D eigenvalue weighted by Gasteiger charge is 2.09. The highest BCUT2D eigenvalue weighted by molar-refractivity contribution is 9.10. The second-order valence-corrected chi connectivity index (χ2v) is 4.81. The number of phenolic OH excluding ortho intramolecular Hbond substituents is 1. The van der Waals surface area contributed by atoms with Crippen LogP contribution in [-0.4, -0.2) is 5.11 Å². The van der Waals surface area contributed by atoms with Crippen molar-refractivity contribution in [3.63, 3.8) is 0 Å². The van der Waals surface area contributed by atoms with E-state index in [0.29, 0.717) is 10.7 Å². The van der Waals surface area contributed by atoms with Crippen molar-refractivity contribution in [1.29, 1.82) is 0 Å². The molecule has 17 heavy (non-hydrogen) atoms. The van der Waals surface area contributed by atoms with Gasteiger partial charge in [-0.1, -0.05) is 27.5 Å². The number of benzene rings is 2. The van der Waals surface area contributed by atoms with Crippen LogP contribution in [0.3, 0.4) is 0 Å². The molecule has 2 aromatic rings. The van der Waals surface area contributed by atoms with Crippen LogP contribution in [0, 0.1) is 0 Å². The van der Waals surface area contributed by atoms with Gasteiger partial charge < -0.3 is 16.2 Å². The van der Waals surface area contributed by atoms with E-state index >= 15 is 0 Å². The summed E-state index contributed by atoms with van der Waals surface area (Å²) in [5.41, 5.74) is 7.34. The number of anilines is 3. The summed E-state index contributed by atoms with van der Waals surface area (Å²) in [4.78, 5) is 0. The summed E-state index contributed by atoms with van der Waals surface area (Å²) in [6.07, 6.45) is 0. The molecule has 0 radical (unpaired) electrons. The minimum atomic E-state index is 0.00834. The molecule has 0 fully saturated rings. The molecule has 0 bridgehead atoms. The Morgan fingerprint density at radius 1 is 1.12 bits per heavy atom. The third kappa shape index (κ3) is 2.65. The van der Waals surface area contributed by atoms with Crippen LogP contribution in [0.15, 0.2) is 40.9 Å². The van der Waals surface area contributed by atoms with Gasteiger partial charge in [0.25, 0.3) is 0 Å². The zero-order valence-corrected chi connectivity index (χ0v) is 11.1. The minimum Gasteiger partial charge on any atom is -0.506 e. The maximum absolute atomic E-state index is 9.52. The van der Waals surface area contributed by atoms with Crippen LogP contribution < -0.4 is 11.1 Å². The van der Waals surface area contributed by atoms with Crippen molar-refractivity contribution in [3.8, 4) is 5.75 Å². The quantitative estimate of drug-likeness (QED) is 0.577. The summed E-state index contributed by atoms with van der Waals surface area (Å²) >= 11 is 9.37. The Morgan fingerprint density at radius 2 is 1.76 bits per heavy atom. The molecule has 3 nitrogen and oxygen atoms in total. The van der Waals surface area contributed by atoms with E-state index in [4.69, 9.17) is 17.3 Å². The van der Waals surface area contributed by atoms with Crippen molar-refractivity contribution < 1.29 is 5.11 Å². The van der Waals surface area contributed by atoms with Gasteiger partial charge in [-0.05, 0) is 36.4 Å². The van der Waals surface area contributed by atoms with E-state index in [1.165, 1.54) is 6.07 Å². The summed E-state index contributed by atoms with van der Waals surface area (Å²) in [7, 11) is 0. The van der Waals surface area contributed by atoms with E-state index in [1.54, 1.807) is 6.07 Å². The Morgan fingerprint density at radius 3 is 2.41 bits per heavy atom. The Kier molecular flexibility index (Phi) is 3.45. The first kappa shape index (κ1) is 12.1. The van der Waals surface area contributed by atoms with Crippen molar-refractivity contribution >= 4 is 44.6 Å². The van der Waals surface area contributed by atoms with Crippen LogP contribution >= 0.6 is 27.5 Å². The van der Waals surface area contributed by atoms with Gasteiger partial charge in [0.2, 0.25) is 0 Å². The SMILES string of the molecule is Nc1c(O)ccc(Cl)c1Nc1ccc(Br)cc1. The van der Waals surface area contributed by atoms with Crippen molar-refractivity contribution in [2.24, 2.45) is 0 Å². The van der Waals surface area contributed by atoms with Gasteiger partial charge >= 0.3 is 0 Å². The minimum absolute atomic E-state index is 0.00834. The highest BCUT2D eigenvalue weighted by atomic mass is 79.9. The molecule has 0 spiro atoms. The van der Waals surface area contributed by atoms with Crippen LogP contribution in [0.2, 0.25) is 5.02 Å². The first-order chi connectivity index (χ1) is 8.08. The monoisotopic (exact) mass is 312 g/mol. The summed E-state index contributed by atoms with van der Waals surface area (Å²) in [5, 5.41) is 13.0. The molecule has 2 aromatic carbocycles. The Bertz CT molecular complexity index is 543. The smallest absolute Gasteiger partial charge is 0.140 e. The van der Waals surface area contributed by atoms with Gasteiger partial charge in [0, 0.05) is 10.2 Å². The summed E-state index contributed by atoms with van der Waals surface area (Å²) < 4.78 is 0.984. The Labute approximate surface area is 112 Å². The third-order valence-corrected chi connectivity index (χ3v) is 3.13. The topological polar surface area (TPSA) is 58.3 Å². The zero-order valence-electron chi connectivity index (χ0n) is 8.74. The first-order valence-electron chi connectivity index (χ1n) is 4.87. The second-order valence-electron chi connectivity index (χ2n) is 3.49. The Hall–Kier alpha value is -1.39. The average Bonchev–Trinajstić information content (AvgIpc) is 2.32. The average molecular weight is 314 g/mol. The maximum atomic E-state index is 9.52. The summed E-state index contributed by atoms with van der Waals surface area (Å²) in [6.45, 7) is 0. The largest absolute Gasteiger partial charge is 0.506 e. The molecule has 0 aliphatic rings. The Balaban J connectivity index is 2.36. The molecule has 0 saturated carbocycles. The van der Waals surface area contributed by atoms with Gasteiger partial charge in [0.05, 0.1) is 16.4 Å². The number of hydrogen-bond donors (Lipinski definition) is 3. The molecule has 0 saturated heterocycles. The summed E-state index contributed by atoms with van der Waals surface area (Å²) in [5.74, 6) is 0.00834. The number of phenols is 1. The summed E-state index contributed by atoms with van der Waals surface area (Å²) in [6, 6.07) is 10.6. The lowest BCUT2D eigenvalue weighted by Gasteiger charge is -2.12.